The van der Waals surface area contributed by atoms with E-state index in [1.54, 1.807) is 12.3 Å². The van der Waals surface area contributed by atoms with Crippen LogP contribution in [0, 0.1) is 17.0 Å². The number of nitro groups is 1. The van der Waals surface area contributed by atoms with Crippen LogP contribution < -0.4 is 4.90 Å². The summed E-state index contributed by atoms with van der Waals surface area (Å²) in [5, 5.41) is 10.7. The summed E-state index contributed by atoms with van der Waals surface area (Å²) in [7, 11) is 0. The van der Waals surface area contributed by atoms with Crippen LogP contribution in [0.5, 0.6) is 0 Å². The summed E-state index contributed by atoms with van der Waals surface area (Å²) in [6.07, 6.45) is 1.78. The molecule has 0 aliphatic heterocycles. The Kier molecular flexibility index (Phi) is 5.46. The smallest absolute Gasteiger partial charge is 0.269 e. The molecule has 0 saturated carbocycles. The van der Waals surface area contributed by atoms with E-state index in [4.69, 9.17) is 0 Å². The first-order chi connectivity index (χ1) is 11.0. The molecule has 2 aromatic carbocycles. The lowest BCUT2D eigenvalue weighted by Crippen LogP contribution is -2.21. The van der Waals surface area contributed by atoms with E-state index in [1.165, 1.54) is 17.8 Å². The molecule has 0 bridgehead atoms. The van der Waals surface area contributed by atoms with Crippen LogP contribution in [-0.2, 0) is 0 Å². The average molecular weight is 311 g/mol. The molecule has 2 rings (SSSR count). The first-order valence-corrected chi connectivity index (χ1v) is 7.69. The van der Waals surface area contributed by atoms with E-state index in [2.05, 4.69) is 35.9 Å². The highest BCUT2D eigenvalue weighted by Crippen LogP contribution is 2.23. The van der Waals surface area contributed by atoms with Crippen molar-refractivity contribution in [2.24, 2.45) is 4.99 Å². The standard InChI is InChI=1S/C18H21N3O2/c1-4-20(5-2)16-8-6-15(7-9-16)13-19-18-11-10-17(21(22)23)12-14(18)3/h6-13H,4-5H2,1-3H3/b19-13+. The number of nitro benzene ring substituents is 1. The summed E-state index contributed by atoms with van der Waals surface area (Å²) in [5.41, 5.74) is 3.81. The normalized spacial score (nSPS) is 10.9. The zero-order valence-electron chi connectivity index (χ0n) is 13.7. The lowest BCUT2D eigenvalue weighted by Gasteiger charge is -2.20. The topological polar surface area (TPSA) is 58.7 Å². The van der Waals surface area contributed by atoms with Gasteiger partial charge >= 0.3 is 0 Å². The molecule has 0 unspecified atom stereocenters. The molecule has 0 fully saturated rings. The molecule has 0 N–H and O–H groups in total. The molecule has 2 aromatic rings. The summed E-state index contributed by atoms with van der Waals surface area (Å²) in [6, 6.07) is 12.9. The van der Waals surface area contributed by atoms with Gasteiger partial charge in [0.2, 0.25) is 0 Å². The third kappa shape index (κ3) is 4.16. The van der Waals surface area contributed by atoms with E-state index in [-0.39, 0.29) is 5.69 Å². The van der Waals surface area contributed by atoms with Gasteiger partial charge in [-0.2, -0.15) is 0 Å². The maximum atomic E-state index is 10.7. The zero-order valence-corrected chi connectivity index (χ0v) is 13.7. The van der Waals surface area contributed by atoms with Crippen LogP contribution in [0.2, 0.25) is 0 Å². The number of benzene rings is 2. The monoisotopic (exact) mass is 311 g/mol. The SMILES string of the molecule is CCN(CC)c1ccc(/C=N/c2ccc([N+](=O)[O-])cc2C)cc1. The van der Waals surface area contributed by atoms with Gasteiger partial charge in [0.1, 0.15) is 0 Å². The fourth-order valence-corrected chi connectivity index (χ4v) is 2.40. The van der Waals surface area contributed by atoms with E-state index in [9.17, 15) is 10.1 Å². The van der Waals surface area contributed by atoms with Crippen molar-refractivity contribution in [1.29, 1.82) is 0 Å². The fraction of sp³-hybridized carbons (Fsp3) is 0.278. The lowest BCUT2D eigenvalue weighted by atomic mass is 10.1. The molecule has 0 atom stereocenters. The summed E-state index contributed by atoms with van der Waals surface area (Å²) >= 11 is 0. The maximum Gasteiger partial charge on any atom is 0.269 e. The molecule has 0 spiro atoms. The fourth-order valence-electron chi connectivity index (χ4n) is 2.40. The van der Waals surface area contributed by atoms with Gasteiger partial charge in [0, 0.05) is 37.1 Å². The van der Waals surface area contributed by atoms with Crippen molar-refractivity contribution < 1.29 is 4.92 Å². The van der Waals surface area contributed by atoms with Crippen molar-refractivity contribution in [1.82, 2.24) is 0 Å². The van der Waals surface area contributed by atoms with Crippen LogP contribution in [0.1, 0.15) is 25.0 Å². The van der Waals surface area contributed by atoms with E-state index >= 15 is 0 Å². The van der Waals surface area contributed by atoms with Crippen LogP contribution >= 0.6 is 0 Å². The maximum absolute atomic E-state index is 10.7. The van der Waals surface area contributed by atoms with Crippen LogP contribution in [0.4, 0.5) is 17.1 Å². The molecule has 0 heterocycles. The van der Waals surface area contributed by atoms with Crippen molar-refractivity contribution in [3.63, 3.8) is 0 Å². The predicted molar refractivity (Wildman–Crippen MR) is 95.1 cm³/mol. The Labute approximate surface area is 136 Å². The average Bonchev–Trinajstić information content (AvgIpc) is 2.56. The summed E-state index contributed by atoms with van der Waals surface area (Å²) < 4.78 is 0. The number of non-ortho nitro benzene ring substituents is 1. The molecule has 0 amide bonds. The molecule has 120 valence electrons. The number of aliphatic imine (C=N–C) groups is 1. The van der Waals surface area contributed by atoms with E-state index in [0.29, 0.717) is 0 Å². The van der Waals surface area contributed by atoms with Gasteiger partial charge in [-0.3, -0.25) is 15.1 Å². The lowest BCUT2D eigenvalue weighted by molar-refractivity contribution is -0.384. The number of aryl methyl sites for hydroxylation is 1. The second kappa shape index (κ2) is 7.54. The molecule has 5 heteroatoms. The van der Waals surface area contributed by atoms with Crippen molar-refractivity contribution in [3.8, 4) is 0 Å². The molecule has 23 heavy (non-hydrogen) atoms. The quantitative estimate of drug-likeness (QED) is 0.448. The van der Waals surface area contributed by atoms with Gasteiger partial charge in [-0.05, 0) is 50.1 Å². The molecular weight excluding hydrogens is 290 g/mol. The first-order valence-electron chi connectivity index (χ1n) is 7.69. The summed E-state index contributed by atoms with van der Waals surface area (Å²) in [4.78, 5) is 17.1. The minimum absolute atomic E-state index is 0.0880. The highest BCUT2D eigenvalue weighted by Gasteiger charge is 2.07. The largest absolute Gasteiger partial charge is 0.372 e. The van der Waals surface area contributed by atoms with Crippen LogP contribution in [0.25, 0.3) is 0 Å². The molecule has 5 nitrogen and oxygen atoms in total. The van der Waals surface area contributed by atoms with E-state index in [0.717, 1.165) is 29.9 Å². The van der Waals surface area contributed by atoms with Gasteiger partial charge in [0.15, 0.2) is 0 Å². The molecular formula is C18H21N3O2. The van der Waals surface area contributed by atoms with Crippen molar-refractivity contribution in [3.05, 3.63) is 63.7 Å². The van der Waals surface area contributed by atoms with Crippen LogP contribution in [0.3, 0.4) is 0 Å². The van der Waals surface area contributed by atoms with E-state index < -0.39 is 4.92 Å². The van der Waals surface area contributed by atoms with E-state index in [1.807, 2.05) is 19.1 Å². The third-order valence-corrected chi connectivity index (χ3v) is 3.77. The van der Waals surface area contributed by atoms with Gasteiger partial charge in [-0.25, -0.2) is 0 Å². The minimum atomic E-state index is -0.396. The Hall–Kier alpha value is -2.69. The number of anilines is 1. The number of hydrogen-bond acceptors (Lipinski definition) is 4. The Morgan fingerprint density at radius 2 is 1.78 bits per heavy atom. The molecule has 0 radical (unpaired) electrons. The van der Waals surface area contributed by atoms with Crippen LogP contribution in [0.15, 0.2) is 47.5 Å². The second-order valence-corrected chi connectivity index (χ2v) is 5.25. The predicted octanol–water partition coefficient (Wildman–Crippen LogP) is 4.50. The number of hydrogen-bond donors (Lipinski definition) is 0. The number of nitrogens with zero attached hydrogens (tertiary/aromatic N) is 3. The van der Waals surface area contributed by atoms with Gasteiger partial charge in [-0.15, -0.1) is 0 Å². The minimum Gasteiger partial charge on any atom is -0.372 e. The van der Waals surface area contributed by atoms with Crippen LogP contribution in [-0.4, -0.2) is 24.2 Å². The number of rotatable bonds is 6. The Morgan fingerprint density at radius 3 is 2.30 bits per heavy atom. The van der Waals surface area contributed by atoms with Gasteiger partial charge < -0.3 is 4.90 Å². The Bertz CT molecular complexity index is 705. The van der Waals surface area contributed by atoms with Gasteiger partial charge in [0.05, 0.1) is 10.6 Å². The molecule has 0 aliphatic carbocycles. The summed E-state index contributed by atoms with van der Waals surface area (Å²) in [6.45, 7) is 8.05. The molecule has 0 saturated heterocycles. The summed E-state index contributed by atoms with van der Waals surface area (Å²) in [5.74, 6) is 0. The molecule has 0 aromatic heterocycles. The second-order valence-electron chi connectivity index (χ2n) is 5.25. The Morgan fingerprint density at radius 1 is 1.13 bits per heavy atom. The third-order valence-electron chi connectivity index (χ3n) is 3.77. The first kappa shape index (κ1) is 16.7. The highest BCUT2D eigenvalue weighted by atomic mass is 16.6. The van der Waals surface area contributed by atoms with Gasteiger partial charge in [0.25, 0.3) is 5.69 Å². The molecule has 0 aliphatic rings. The van der Waals surface area contributed by atoms with Gasteiger partial charge in [-0.1, -0.05) is 12.1 Å². The van der Waals surface area contributed by atoms with Crippen molar-refractivity contribution >= 4 is 23.3 Å². The Balaban J connectivity index is 2.15. The van der Waals surface area contributed by atoms with Crippen molar-refractivity contribution in [2.45, 2.75) is 20.8 Å². The zero-order chi connectivity index (χ0) is 16.8. The van der Waals surface area contributed by atoms with Crippen molar-refractivity contribution in [2.75, 3.05) is 18.0 Å². The highest BCUT2D eigenvalue weighted by molar-refractivity contribution is 5.83.